The second kappa shape index (κ2) is 5.47. The van der Waals surface area contributed by atoms with Crippen LogP contribution in [0, 0.1) is 0 Å². The Hall–Kier alpha value is -0.850. The van der Waals surface area contributed by atoms with Crippen LogP contribution < -0.4 is 5.73 Å². The van der Waals surface area contributed by atoms with Crippen LogP contribution in [0.5, 0.6) is 0 Å². The lowest BCUT2D eigenvalue weighted by molar-refractivity contribution is 0.658. The molecule has 16 heavy (non-hydrogen) atoms. The van der Waals surface area contributed by atoms with Crippen LogP contribution in [-0.2, 0) is 0 Å². The van der Waals surface area contributed by atoms with Gasteiger partial charge in [0, 0.05) is 0 Å². The Kier molecular flexibility index (Phi) is 3.98. The highest BCUT2D eigenvalue weighted by atomic mass is 32.2. The van der Waals surface area contributed by atoms with Crippen LogP contribution in [0.15, 0.2) is 17.5 Å². The lowest BCUT2D eigenvalue weighted by Crippen LogP contribution is -2.12. The Balaban J connectivity index is 2.07. The van der Waals surface area contributed by atoms with E-state index in [2.05, 4.69) is 21.4 Å². The summed E-state index contributed by atoms with van der Waals surface area (Å²) in [4.78, 5) is 5.48. The van der Waals surface area contributed by atoms with Gasteiger partial charge in [-0.25, -0.2) is 4.98 Å². The molecule has 6 heteroatoms. The Morgan fingerprint density at radius 3 is 3.19 bits per heavy atom. The summed E-state index contributed by atoms with van der Waals surface area (Å²) < 4.78 is 0. The van der Waals surface area contributed by atoms with Crippen molar-refractivity contribution in [1.29, 1.82) is 0 Å². The van der Waals surface area contributed by atoms with Crippen molar-refractivity contribution in [2.24, 2.45) is 5.73 Å². The lowest BCUT2D eigenvalue weighted by atomic mass is 10.2. The van der Waals surface area contributed by atoms with E-state index in [1.165, 1.54) is 0 Å². The van der Waals surface area contributed by atoms with Gasteiger partial charge in [0.2, 0.25) is 0 Å². The Morgan fingerprint density at radius 1 is 1.62 bits per heavy atom. The zero-order valence-corrected chi connectivity index (χ0v) is 10.6. The number of nitrogens with zero attached hydrogens (tertiary/aromatic N) is 2. The summed E-state index contributed by atoms with van der Waals surface area (Å²) in [7, 11) is 0. The van der Waals surface area contributed by atoms with Crippen molar-refractivity contribution >= 4 is 23.1 Å². The molecule has 4 nitrogen and oxygen atoms in total. The first-order chi connectivity index (χ1) is 7.81. The molecule has 0 aromatic carbocycles. The summed E-state index contributed by atoms with van der Waals surface area (Å²) in [5, 5.41) is 9.10. The molecule has 2 aromatic heterocycles. The van der Waals surface area contributed by atoms with E-state index in [4.69, 9.17) is 5.73 Å². The van der Waals surface area contributed by atoms with Crippen LogP contribution >= 0.6 is 23.1 Å². The fourth-order valence-electron chi connectivity index (χ4n) is 1.34. The fraction of sp³-hybridized carbons (Fsp3) is 0.400. The molecule has 0 unspecified atom stereocenters. The molecule has 2 rings (SSSR count). The maximum absolute atomic E-state index is 6.00. The molecule has 0 amide bonds. The Labute approximate surface area is 103 Å². The maximum Gasteiger partial charge on any atom is 0.191 e. The molecule has 0 saturated carbocycles. The topological polar surface area (TPSA) is 67.6 Å². The van der Waals surface area contributed by atoms with Gasteiger partial charge >= 0.3 is 0 Å². The standard InChI is InChI=1S/C10H14N4S2/c1-15-6-4-7(11)9-12-10(14-13-9)8-3-2-5-16-8/h2-3,5,7H,4,6,11H2,1H3,(H,12,13,14)/t7-/m0/s1. The summed E-state index contributed by atoms with van der Waals surface area (Å²) in [6.07, 6.45) is 2.99. The molecule has 3 N–H and O–H groups in total. The molecule has 0 fully saturated rings. The number of thiophene rings is 1. The largest absolute Gasteiger partial charge is 0.321 e. The van der Waals surface area contributed by atoms with E-state index in [0.29, 0.717) is 0 Å². The third kappa shape index (κ3) is 2.63. The first-order valence-corrected chi connectivity index (χ1v) is 7.29. The number of hydrogen-bond acceptors (Lipinski definition) is 5. The third-order valence-electron chi connectivity index (χ3n) is 2.23. The van der Waals surface area contributed by atoms with Crippen LogP contribution in [0.2, 0.25) is 0 Å². The summed E-state index contributed by atoms with van der Waals surface area (Å²) in [5.74, 6) is 2.55. The molecular weight excluding hydrogens is 240 g/mol. The van der Waals surface area contributed by atoms with Gasteiger partial charge in [0.15, 0.2) is 5.82 Å². The summed E-state index contributed by atoms with van der Waals surface area (Å²) in [5.41, 5.74) is 6.00. The van der Waals surface area contributed by atoms with E-state index in [1.54, 1.807) is 23.1 Å². The molecule has 0 aliphatic carbocycles. The van der Waals surface area contributed by atoms with Gasteiger partial charge in [-0.1, -0.05) is 6.07 Å². The van der Waals surface area contributed by atoms with Gasteiger partial charge in [-0.05, 0) is 29.9 Å². The van der Waals surface area contributed by atoms with Crippen LogP contribution in [0.25, 0.3) is 10.7 Å². The molecule has 1 atom stereocenters. The number of aromatic amines is 1. The molecule has 0 bridgehead atoms. The molecule has 0 radical (unpaired) electrons. The van der Waals surface area contributed by atoms with Crippen molar-refractivity contribution in [2.75, 3.05) is 12.0 Å². The van der Waals surface area contributed by atoms with Crippen molar-refractivity contribution < 1.29 is 0 Å². The Bertz CT molecular complexity index is 424. The van der Waals surface area contributed by atoms with Crippen molar-refractivity contribution in [3.05, 3.63) is 23.3 Å². The highest BCUT2D eigenvalue weighted by Gasteiger charge is 2.12. The number of H-pyrrole nitrogens is 1. The van der Waals surface area contributed by atoms with Crippen molar-refractivity contribution in [2.45, 2.75) is 12.5 Å². The molecule has 86 valence electrons. The van der Waals surface area contributed by atoms with E-state index < -0.39 is 0 Å². The Morgan fingerprint density at radius 2 is 2.50 bits per heavy atom. The van der Waals surface area contributed by atoms with Gasteiger partial charge in [-0.2, -0.15) is 16.9 Å². The second-order valence-corrected chi connectivity index (χ2v) is 5.34. The number of thioether (sulfide) groups is 1. The van der Waals surface area contributed by atoms with Gasteiger partial charge in [-0.3, -0.25) is 5.10 Å². The molecule has 0 aliphatic rings. The van der Waals surface area contributed by atoms with Crippen LogP contribution in [0.3, 0.4) is 0 Å². The quantitative estimate of drug-likeness (QED) is 0.859. The monoisotopic (exact) mass is 254 g/mol. The minimum atomic E-state index is -0.0475. The van der Waals surface area contributed by atoms with Crippen LogP contribution in [0.1, 0.15) is 18.3 Å². The zero-order valence-electron chi connectivity index (χ0n) is 9.01. The lowest BCUT2D eigenvalue weighted by Gasteiger charge is -2.05. The van der Waals surface area contributed by atoms with Gasteiger partial charge in [0.05, 0.1) is 10.9 Å². The fourth-order valence-corrected chi connectivity index (χ4v) is 2.48. The van der Waals surface area contributed by atoms with Crippen LogP contribution in [0.4, 0.5) is 0 Å². The number of aromatic nitrogens is 3. The van der Waals surface area contributed by atoms with Crippen molar-refractivity contribution in [1.82, 2.24) is 15.2 Å². The molecule has 0 saturated heterocycles. The number of nitrogens with two attached hydrogens (primary N) is 1. The number of hydrogen-bond donors (Lipinski definition) is 2. The van der Waals surface area contributed by atoms with E-state index in [0.717, 1.165) is 28.7 Å². The van der Waals surface area contributed by atoms with Crippen LogP contribution in [-0.4, -0.2) is 27.2 Å². The summed E-state index contributed by atoms with van der Waals surface area (Å²) >= 11 is 3.42. The number of nitrogens with one attached hydrogen (secondary N) is 1. The van der Waals surface area contributed by atoms with Crippen molar-refractivity contribution in [3.63, 3.8) is 0 Å². The van der Waals surface area contributed by atoms with Crippen molar-refractivity contribution in [3.8, 4) is 10.7 Å². The summed E-state index contributed by atoms with van der Waals surface area (Å²) in [6.45, 7) is 0. The van der Waals surface area contributed by atoms with Gasteiger partial charge in [-0.15, -0.1) is 11.3 Å². The van der Waals surface area contributed by atoms with Gasteiger partial charge in [0.1, 0.15) is 5.82 Å². The first kappa shape index (κ1) is 11.6. The highest BCUT2D eigenvalue weighted by Crippen LogP contribution is 2.22. The molecule has 2 aromatic rings. The zero-order chi connectivity index (χ0) is 11.4. The van der Waals surface area contributed by atoms with E-state index >= 15 is 0 Å². The predicted molar refractivity (Wildman–Crippen MR) is 69.6 cm³/mol. The smallest absolute Gasteiger partial charge is 0.191 e. The van der Waals surface area contributed by atoms with Gasteiger partial charge in [0.25, 0.3) is 0 Å². The van der Waals surface area contributed by atoms with E-state index in [-0.39, 0.29) is 6.04 Å². The van der Waals surface area contributed by atoms with E-state index in [1.807, 2.05) is 17.5 Å². The molecular formula is C10H14N4S2. The normalized spacial score (nSPS) is 12.9. The number of rotatable bonds is 5. The third-order valence-corrected chi connectivity index (χ3v) is 3.74. The maximum atomic E-state index is 6.00. The molecule has 2 heterocycles. The SMILES string of the molecule is CSCC[C@H](N)c1nc(-c2cccs2)n[nH]1. The first-order valence-electron chi connectivity index (χ1n) is 5.02. The summed E-state index contributed by atoms with van der Waals surface area (Å²) in [6, 6.07) is 3.95. The second-order valence-electron chi connectivity index (χ2n) is 3.41. The minimum absolute atomic E-state index is 0.0475. The average molecular weight is 254 g/mol. The molecule has 0 aliphatic heterocycles. The minimum Gasteiger partial charge on any atom is -0.321 e. The molecule has 0 spiro atoms. The van der Waals surface area contributed by atoms with E-state index in [9.17, 15) is 0 Å². The highest BCUT2D eigenvalue weighted by molar-refractivity contribution is 7.98. The average Bonchev–Trinajstić information content (AvgIpc) is 2.94. The van der Waals surface area contributed by atoms with Gasteiger partial charge < -0.3 is 5.73 Å². The predicted octanol–water partition coefficient (Wildman–Crippen LogP) is 2.29.